The molecule has 2 rings (SSSR count). The van der Waals surface area contributed by atoms with Gasteiger partial charge in [0.15, 0.2) is 6.10 Å². The maximum absolute atomic E-state index is 12.4. The van der Waals surface area contributed by atoms with E-state index in [1.54, 1.807) is 11.9 Å². The lowest BCUT2D eigenvalue weighted by Gasteiger charge is -2.42. The molecule has 4 heteroatoms. The molecule has 21 heavy (non-hydrogen) atoms. The fourth-order valence-corrected chi connectivity index (χ4v) is 2.80. The van der Waals surface area contributed by atoms with Crippen LogP contribution in [0.1, 0.15) is 38.9 Å². The number of amides is 1. The number of morpholine rings is 1. The molecule has 0 bridgehead atoms. The van der Waals surface area contributed by atoms with Gasteiger partial charge in [-0.2, -0.15) is 0 Å². The third kappa shape index (κ3) is 3.44. The average molecular weight is 291 g/mol. The first-order valence-corrected chi connectivity index (χ1v) is 7.57. The predicted molar refractivity (Wildman–Crippen MR) is 81.7 cm³/mol. The van der Waals surface area contributed by atoms with E-state index in [9.17, 15) is 9.90 Å². The lowest BCUT2D eigenvalue weighted by atomic mass is 9.95. The first-order valence-electron chi connectivity index (χ1n) is 7.57. The van der Waals surface area contributed by atoms with Gasteiger partial charge in [0, 0.05) is 7.05 Å². The summed E-state index contributed by atoms with van der Waals surface area (Å²) in [4.78, 5) is 14.1. The molecular formula is C17H25NO3. The minimum absolute atomic E-state index is 0.0533. The summed E-state index contributed by atoms with van der Waals surface area (Å²) in [5.74, 6) is 0.180. The van der Waals surface area contributed by atoms with Crippen molar-refractivity contribution in [1.29, 1.82) is 0 Å². The molecular weight excluding hydrogens is 266 g/mol. The average Bonchev–Trinajstić information content (AvgIpc) is 2.45. The van der Waals surface area contributed by atoms with Gasteiger partial charge < -0.3 is 14.7 Å². The Morgan fingerprint density at radius 1 is 1.29 bits per heavy atom. The Hall–Kier alpha value is -1.39. The Morgan fingerprint density at radius 2 is 1.90 bits per heavy atom. The highest BCUT2D eigenvalue weighted by Crippen LogP contribution is 2.32. The molecule has 1 saturated heterocycles. The molecule has 1 aliphatic heterocycles. The standard InChI is InChI=1S/C17H25NO3/c1-11(2)10-14(19)16-17(20)18(4)12(3)15(21-16)13-8-6-5-7-9-13/h5-9,11-12,14-16,19H,10H2,1-4H3/t12-,14-,15+,16+/m0/s1. The zero-order valence-corrected chi connectivity index (χ0v) is 13.2. The van der Waals surface area contributed by atoms with Crippen LogP contribution in [0.4, 0.5) is 0 Å². The molecule has 0 radical (unpaired) electrons. The number of benzene rings is 1. The normalized spacial score (nSPS) is 28.0. The van der Waals surface area contributed by atoms with Crippen LogP contribution in [-0.4, -0.2) is 41.2 Å². The van der Waals surface area contributed by atoms with E-state index >= 15 is 0 Å². The highest BCUT2D eigenvalue weighted by Gasteiger charge is 2.42. The fourth-order valence-electron chi connectivity index (χ4n) is 2.80. The number of aliphatic hydroxyl groups excluding tert-OH is 1. The van der Waals surface area contributed by atoms with Gasteiger partial charge in [-0.05, 0) is 24.8 Å². The molecule has 1 aromatic carbocycles. The minimum atomic E-state index is -0.779. The Bertz CT molecular complexity index is 474. The maximum Gasteiger partial charge on any atom is 0.254 e. The second kappa shape index (κ2) is 6.58. The van der Waals surface area contributed by atoms with E-state index in [1.807, 2.05) is 51.1 Å². The zero-order chi connectivity index (χ0) is 15.6. The largest absolute Gasteiger partial charge is 0.390 e. The van der Waals surface area contributed by atoms with Gasteiger partial charge in [-0.1, -0.05) is 44.2 Å². The molecule has 1 amide bonds. The Kier molecular flexibility index (Phi) is 5.01. The quantitative estimate of drug-likeness (QED) is 0.926. The van der Waals surface area contributed by atoms with Crippen molar-refractivity contribution in [2.24, 2.45) is 5.92 Å². The van der Waals surface area contributed by atoms with Gasteiger partial charge >= 0.3 is 0 Å². The van der Waals surface area contributed by atoms with Crippen molar-refractivity contribution in [2.75, 3.05) is 7.05 Å². The van der Waals surface area contributed by atoms with E-state index in [0.29, 0.717) is 12.3 Å². The highest BCUT2D eigenvalue weighted by molar-refractivity contribution is 5.82. The van der Waals surface area contributed by atoms with Crippen LogP contribution in [0.15, 0.2) is 30.3 Å². The van der Waals surface area contributed by atoms with Gasteiger partial charge in [-0.25, -0.2) is 0 Å². The molecule has 0 aliphatic carbocycles. The summed E-state index contributed by atoms with van der Waals surface area (Å²) in [6.07, 6.45) is -1.20. The fraction of sp³-hybridized carbons (Fsp3) is 0.588. The summed E-state index contributed by atoms with van der Waals surface area (Å²) in [5, 5.41) is 10.3. The van der Waals surface area contributed by atoms with Crippen LogP contribution >= 0.6 is 0 Å². The summed E-state index contributed by atoms with van der Waals surface area (Å²) in [6.45, 7) is 6.02. The molecule has 1 heterocycles. The number of carbonyl (C=O) groups excluding carboxylic acids is 1. The Balaban J connectivity index is 2.22. The van der Waals surface area contributed by atoms with E-state index in [1.165, 1.54) is 0 Å². The molecule has 0 saturated carbocycles. The molecule has 4 nitrogen and oxygen atoms in total. The Labute approximate surface area is 126 Å². The smallest absolute Gasteiger partial charge is 0.254 e. The molecule has 0 spiro atoms. The summed E-state index contributed by atoms with van der Waals surface area (Å²) in [5.41, 5.74) is 1.03. The van der Waals surface area contributed by atoms with Crippen molar-refractivity contribution in [3.8, 4) is 0 Å². The number of aliphatic hydroxyl groups is 1. The summed E-state index contributed by atoms with van der Waals surface area (Å²) in [6, 6.07) is 9.81. The topological polar surface area (TPSA) is 49.8 Å². The SMILES string of the molecule is CC(C)C[C@H](O)[C@H]1O[C@@H](c2ccccc2)[C@H](C)N(C)C1=O. The molecule has 4 atom stereocenters. The zero-order valence-electron chi connectivity index (χ0n) is 13.2. The molecule has 1 N–H and O–H groups in total. The number of ether oxygens (including phenoxy) is 1. The summed E-state index contributed by atoms with van der Waals surface area (Å²) in [7, 11) is 1.78. The molecule has 1 aliphatic rings. The van der Waals surface area contributed by atoms with Gasteiger partial charge in [0.25, 0.3) is 5.91 Å². The van der Waals surface area contributed by atoms with E-state index in [0.717, 1.165) is 5.56 Å². The van der Waals surface area contributed by atoms with Gasteiger partial charge in [0.2, 0.25) is 0 Å². The molecule has 0 aromatic heterocycles. The van der Waals surface area contributed by atoms with Crippen LogP contribution in [0.3, 0.4) is 0 Å². The number of carbonyl (C=O) groups is 1. The number of likely N-dealkylation sites (N-methyl/N-ethyl adjacent to an activating group) is 1. The Morgan fingerprint density at radius 3 is 2.48 bits per heavy atom. The van der Waals surface area contributed by atoms with Crippen molar-refractivity contribution < 1.29 is 14.6 Å². The number of rotatable bonds is 4. The molecule has 1 fully saturated rings. The molecule has 1 aromatic rings. The van der Waals surface area contributed by atoms with Crippen LogP contribution in [0, 0.1) is 5.92 Å². The van der Waals surface area contributed by atoms with Crippen LogP contribution in [-0.2, 0) is 9.53 Å². The van der Waals surface area contributed by atoms with E-state index in [-0.39, 0.29) is 18.1 Å². The number of nitrogens with zero attached hydrogens (tertiary/aromatic N) is 1. The highest BCUT2D eigenvalue weighted by atomic mass is 16.5. The molecule has 116 valence electrons. The van der Waals surface area contributed by atoms with Crippen LogP contribution in [0.2, 0.25) is 0 Å². The lowest BCUT2D eigenvalue weighted by molar-refractivity contribution is -0.183. The minimum Gasteiger partial charge on any atom is -0.390 e. The first kappa shape index (κ1) is 16.0. The van der Waals surface area contributed by atoms with Gasteiger partial charge in [0.05, 0.1) is 12.1 Å². The number of hydrogen-bond donors (Lipinski definition) is 1. The molecule has 0 unspecified atom stereocenters. The van der Waals surface area contributed by atoms with Crippen molar-refractivity contribution >= 4 is 5.91 Å². The third-order valence-corrected chi connectivity index (χ3v) is 4.12. The lowest BCUT2D eigenvalue weighted by Crippen LogP contribution is -2.55. The van der Waals surface area contributed by atoms with Crippen LogP contribution < -0.4 is 0 Å². The van der Waals surface area contributed by atoms with Crippen molar-refractivity contribution in [3.63, 3.8) is 0 Å². The number of hydrogen-bond acceptors (Lipinski definition) is 3. The second-order valence-corrected chi connectivity index (χ2v) is 6.27. The maximum atomic E-state index is 12.4. The van der Waals surface area contributed by atoms with E-state index in [2.05, 4.69) is 0 Å². The van der Waals surface area contributed by atoms with Crippen LogP contribution in [0.5, 0.6) is 0 Å². The monoisotopic (exact) mass is 291 g/mol. The van der Waals surface area contributed by atoms with Crippen molar-refractivity contribution in [2.45, 2.75) is 51.5 Å². The second-order valence-electron chi connectivity index (χ2n) is 6.27. The van der Waals surface area contributed by atoms with Crippen LogP contribution in [0.25, 0.3) is 0 Å². The third-order valence-electron chi connectivity index (χ3n) is 4.12. The van der Waals surface area contributed by atoms with Gasteiger partial charge in [-0.3, -0.25) is 4.79 Å². The van der Waals surface area contributed by atoms with E-state index in [4.69, 9.17) is 4.74 Å². The van der Waals surface area contributed by atoms with Crippen molar-refractivity contribution in [3.05, 3.63) is 35.9 Å². The van der Waals surface area contributed by atoms with Gasteiger partial charge in [0.1, 0.15) is 6.10 Å². The summed E-state index contributed by atoms with van der Waals surface area (Å²) < 4.78 is 5.99. The predicted octanol–water partition coefficient (Wildman–Crippen LogP) is 2.38. The summed E-state index contributed by atoms with van der Waals surface area (Å²) >= 11 is 0. The van der Waals surface area contributed by atoms with Gasteiger partial charge in [-0.15, -0.1) is 0 Å². The van der Waals surface area contributed by atoms with E-state index < -0.39 is 12.2 Å². The first-order chi connectivity index (χ1) is 9.91. The van der Waals surface area contributed by atoms with Crippen molar-refractivity contribution in [1.82, 2.24) is 4.90 Å².